The molecule has 0 saturated heterocycles. The highest BCUT2D eigenvalue weighted by Gasteiger charge is 2.14. The van der Waals surface area contributed by atoms with Crippen molar-refractivity contribution in [3.8, 4) is 0 Å². The van der Waals surface area contributed by atoms with Gasteiger partial charge in [0.15, 0.2) is 0 Å². The molecule has 0 heterocycles. The van der Waals surface area contributed by atoms with Crippen molar-refractivity contribution in [3.05, 3.63) is 48.0 Å². The zero-order valence-corrected chi connectivity index (χ0v) is 10.7. The van der Waals surface area contributed by atoms with Crippen molar-refractivity contribution < 1.29 is 9.63 Å². The first-order chi connectivity index (χ1) is 8.74. The molecule has 0 unspecified atom stereocenters. The van der Waals surface area contributed by atoms with Crippen molar-refractivity contribution in [2.24, 2.45) is 0 Å². The van der Waals surface area contributed by atoms with E-state index in [1.54, 1.807) is 7.05 Å². The second-order valence-corrected chi connectivity index (χ2v) is 4.16. The van der Waals surface area contributed by atoms with Crippen LogP contribution in [0.4, 0.5) is 0 Å². The number of hydroxylamine groups is 2. The Morgan fingerprint density at radius 3 is 2.67 bits per heavy atom. The van der Waals surface area contributed by atoms with Crippen LogP contribution in [-0.4, -0.2) is 24.6 Å². The Balaban J connectivity index is 2.33. The van der Waals surface area contributed by atoms with Crippen molar-refractivity contribution in [2.45, 2.75) is 13.3 Å². The van der Waals surface area contributed by atoms with Gasteiger partial charge in [0.05, 0.1) is 6.61 Å². The predicted molar refractivity (Wildman–Crippen MR) is 72.3 cm³/mol. The lowest BCUT2D eigenvalue weighted by Gasteiger charge is -2.17. The van der Waals surface area contributed by atoms with Crippen LogP contribution in [0, 0.1) is 0 Å². The first-order valence-electron chi connectivity index (χ1n) is 6.12. The van der Waals surface area contributed by atoms with Crippen LogP contribution in [-0.2, 0) is 4.84 Å². The molecule has 0 fully saturated rings. The molecule has 0 radical (unpaired) electrons. The first kappa shape index (κ1) is 12.6. The quantitative estimate of drug-likeness (QED) is 0.771. The fourth-order valence-corrected chi connectivity index (χ4v) is 1.87. The largest absolute Gasteiger partial charge is 0.277 e. The van der Waals surface area contributed by atoms with E-state index in [2.05, 4.69) is 0 Å². The highest BCUT2D eigenvalue weighted by Crippen LogP contribution is 2.19. The van der Waals surface area contributed by atoms with Gasteiger partial charge in [0.25, 0.3) is 5.91 Å². The number of benzene rings is 2. The van der Waals surface area contributed by atoms with E-state index in [4.69, 9.17) is 4.84 Å². The Labute approximate surface area is 107 Å². The molecule has 0 saturated carbocycles. The number of carbonyl (C=O) groups excluding carboxylic acids is 1. The van der Waals surface area contributed by atoms with E-state index >= 15 is 0 Å². The average Bonchev–Trinajstić information content (AvgIpc) is 2.43. The highest BCUT2D eigenvalue weighted by molar-refractivity contribution is 6.06. The van der Waals surface area contributed by atoms with Gasteiger partial charge in [-0.05, 0) is 23.3 Å². The Kier molecular flexibility index (Phi) is 3.95. The molecule has 0 atom stereocenters. The lowest BCUT2D eigenvalue weighted by Crippen LogP contribution is -2.27. The lowest BCUT2D eigenvalue weighted by atomic mass is 10.0. The smallest absolute Gasteiger partial charge is 0.271 e. The van der Waals surface area contributed by atoms with Gasteiger partial charge in [0.1, 0.15) is 0 Å². The molecule has 0 aliphatic carbocycles. The van der Waals surface area contributed by atoms with Crippen LogP contribution in [0.3, 0.4) is 0 Å². The first-order valence-corrected chi connectivity index (χ1v) is 6.12. The highest BCUT2D eigenvalue weighted by atomic mass is 16.7. The maximum Gasteiger partial charge on any atom is 0.277 e. The van der Waals surface area contributed by atoms with Gasteiger partial charge in [-0.25, -0.2) is 5.06 Å². The van der Waals surface area contributed by atoms with Crippen LogP contribution in [0.25, 0.3) is 10.8 Å². The number of amides is 1. The molecule has 0 bridgehead atoms. The molecule has 3 heteroatoms. The molecule has 3 nitrogen and oxygen atoms in total. The monoisotopic (exact) mass is 243 g/mol. The second-order valence-electron chi connectivity index (χ2n) is 4.16. The number of carbonyl (C=O) groups is 1. The molecule has 18 heavy (non-hydrogen) atoms. The SMILES string of the molecule is CCCON(C)C(=O)c1cccc2ccccc12. The van der Waals surface area contributed by atoms with Gasteiger partial charge in [-0.3, -0.25) is 9.63 Å². The molecule has 0 aliphatic heterocycles. The molecule has 0 spiro atoms. The normalized spacial score (nSPS) is 10.6. The van der Waals surface area contributed by atoms with Crippen molar-refractivity contribution in [2.75, 3.05) is 13.7 Å². The topological polar surface area (TPSA) is 29.5 Å². The van der Waals surface area contributed by atoms with E-state index in [-0.39, 0.29) is 5.91 Å². The van der Waals surface area contributed by atoms with Gasteiger partial charge in [-0.15, -0.1) is 0 Å². The van der Waals surface area contributed by atoms with Crippen LogP contribution in [0.5, 0.6) is 0 Å². The van der Waals surface area contributed by atoms with Gasteiger partial charge in [0.2, 0.25) is 0 Å². The molecule has 2 rings (SSSR count). The Morgan fingerprint density at radius 1 is 1.17 bits per heavy atom. The summed E-state index contributed by atoms with van der Waals surface area (Å²) in [5.41, 5.74) is 0.673. The average molecular weight is 243 g/mol. The molecule has 0 N–H and O–H groups in total. The zero-order valence-electron chi connectivity index (χ0n) is 10.7. The summed E-state index contributed by atoms with van der Waals surface area (Å²) in [6.07, 6.45) is 0.882. The lowest BCUT2D eigenvalue weighted by molar-refractivity contribution is -0.105. The summed E-state index contributed by atoms with van der Waals surface area (Å²) < 4.78 is 0. The molecule has 1 amide bonds. The number of hydrogen-bond acceptors (Lipinski definition) is 2. The van der Waals surface area contributed by atoms with Crippen LogP contribution < -0.4 is 0 Å². The third kappa shape index (κ3) is 2.51. The number of fused-ring (bicyclic) bond motifs is 1. The summed E-state index contributed by atoms with van der Waals surface area (Å²) in [6, 6.07) is 13.6. The minimum Gasteiger partial charge on any atom is -0.271 e. The number of nitrogens with zero attached hydrogens (tertiary/aromatic N) is 1. The fraction of sp³-hybridized carbons (Fsp3) is 0.267. The summed E-state index contributed by atoms with van der Waals surface area (Å²) in [7, 11) is 1.65. The minimum absolute atomic E-state index is 0.111. The summed E-state index contributed by atoms with van der Waals surface area (Å²) in [5.74, 6) is -0.111. The fourth-order valence-electron chi connectivity index (χ4n) is 1.87. The van der Waals surface area contributed by atoms with E-state index in [0.717, 1.165) is 17.2 Å². The molecule has 0 aliphatic rings. The van der Waals surface area contributed by atoms with Gasteiger partial charge in [0, 0.05) is 12.6 Å². The van der Waals surface area contributed by atoms with E-state index in [0.29, 0.717) is 12.2 Å². The van der Waals surface area contributed by atoms with Crippen molar-refractivity contribution in [1.29, 1.82) is 0 Å². The molecule has 2 aromatic rings. The van der Waals surface area contributed by atoms with E-state index < -0.39 is 0 Å². The Hall–Kier alpha value is -1.87. The van der Waals surface area contributed by atoms with E-state index in [1.165, 1.54) is 5.06 Å². The Bertz CT molecular complexity index is 546. The molecular formula is C15H17NO2. The van der Waals surface area contributed by atoms with Gasteiger partial charge in [-0.1, -0.05) is 43.3 Å². The molecule has 0 aromatic heterocycles. The van der Waals surface area contributed by atoms with Gasteiger partial charge in [-0.2, -0.15) is 0 Å². The molecule has 2 aromatic carbocycles. The summed E-state index contributed by atoms with van der Waals surface area (Å²) in [5, 5.41) is 3.33. The van der Waals surface area contributed by atoms with Crippen LogP contribution in [0.1, 0.15) is 23.7 Å². The van der Waals surface area contributed by atoms with Crippen LogP contribution in [0.2, 0.25) is 0 Å². The number of rotatable bonds is 4. The molecular weight excluding hydrogens is 226 g/mol. The van der Waals surface area contributed by atoms with Crippen molar-refractivity contribution in [3.63, 3.8) is 0 Å². The maximum atomic E-state index is 12.3. The minimum atomic E-state index is -0.111. The van der Waals surface area contributed by atoms with E-state index in [1.807, 2.05) is 49.4 Å². The van der Waals surface area contributed by atoms with Crippen LogP contribution >= 0.6 is 0 Å². The van der Waals surface area contributed by atoms with Gasteiger partial charge >= 0.3 is 0 Å². The zero-order chi connectivity index (χ0) is 13.0. The third-order valence-electron chi connectivity index (χ3n) is 2.80. The predicted octanol–water partition coefficient (Wildman–Crippen LogP) is 3.25. The summed E-state index contributed by atoms with van der Waals surface area (Å²) >= 11 is 0. The van der Waals surface area contributed by atoms with Crippen molar-refractivity contribution in [1.82, 2.24) is 5.06 Å². The Morgan fingerprint density at radius 2 is 1.89 bits per heavy atom. The van der Waals surface area contributed by atoms with Gasteiger partial charge < -0.3 is 0 Å². The third-order valence-corrected chi connectivity index (χ3v) is 2.80. The molecule has 94 valence electrons. The van der Waals surface area contributed by atoms with E-state index in [9.17, 15) is 4.79 Å². The summed E-state index contributed by atoms with van der Waals surface area (Å²) in [6.45, 7) is 2.56. The maximum absolute atomic E-state index is 12.3. The second kappa shape index (κ2) is 5.65. The summed E-state index contributed by atoms with van der Waals surface area (Å²) in [4.78, 5) is 17.6. The standard InChI is InChI=1S/C15H17NO2/c1-3-11-18-16(2)15(17)14-10-6-8-12-7-4-5-9-13(12)14/h4-10H,3,11H2,1-2H3. The number of hydrogen-bond donors (Lipinski definition) is 0. The van der Waals surface area contributed by atoms with Crippen LogP contribution in [0.15, 0.2) is 42.5 Å². The van der Waals surface area contributed by atoms with Crippen molar-refractivity contribution >= 4 is 16.7 Å².